The van der Waals surface area contributed by atoms with Gasteiger partial charge in [0, 0.05) is 18.9 Å². The third-order valence-corrected chi connectivity index (χ3v) is 2.67. The van der Waals surface area contributed by atoms with Crippen LogP contribution in [0.3, 0.4) is 0 Å². The topological polar surface area (TPSA) is 16.1 Å². The molecule has 16 heavy (non-hydrogen) atoms. The van der Waals surface area contributed by atoms with Crippen molar-refractivity contribution in [1.29, 1.82) is 0 Å². The van der Waals surface area contributed by atoms with Gasteiger partial charge in [-0.15, -0.1) is 0 Å². The van der Waals surface area contributed by atoms with Crippen LogP contribution >= 0.6 is 11.6 Å². The van der Waals surface area contributed by atoms with Crippen molar-refractivity contribution >= 4 is 23.1 Å². The Hall–Kier alpha value is -1.54. The SMILES string of the molecule is Cc1cccc(N(C)c2ccc(Cl)cn2)c1. The largest absolute Gasteiger partial charge is 0.329 e. The fourth-order valence-corrected chi connectivity index (χ4v) is 1.65. The number of hydrogen-bond donors (Lipinski definition) is 0. The number of aromatic nitrogens is 1. The molecule has 2 rings (SSSR count). The Bertz CT molecular complexity index is 480. The molecule has 0 aliphatic rings. The summed E-state index contributed by atoms with van der Waals surface area (Å²) in [5.74, 6) is 0.884. The molecule has 0 spiro atoms. The van der Waals surface area contributed by atoms with Gasteiger partial charge in [-0.2, -0.15) is 0 Å². The Morgan fingerprint density at radius 3 is 2.62 bits per heavy atom. The lowest BCUT2D eigenvalue weighted by atomic mass is 10.2. The van der Waals surface area contributed by atoms with Gasteiger partial charge in [0.1, 0.15) is 5.82 Å². The standard InChI is InChI=1S/C13H13ClN2/c1-10-4-3-5-12(8-10)16(2)13-7-6-11(14)9-15-13/h3-9H,1-2H3. The number of aryl methyl sites for hydroxylation is 1. The van der Waals surface area contributed by atoms with Crippen LogP contribution in [0.4, 0.5) is 11.5 Å². The Kier molecular flexibility index (Phi) is 3.11. The summed E-state index contributed by atoms with van der Waals surface area (Å²) in [6, 6.07) is 12.0. The molecule has 0 amide bonds. The third kappa shape index (κ3) is 2.34. The molecular weight excluding hydrogens is 220 g/mol. The molecule has 1 aromatic heterocycles. The first-order chi connectivity index (χ1) is 7.66. The van der Waals surface area contributed by atoms with Crippen molar-refractivity contribution in [3.8, 4) is 0 Å². The Morgan fingerprint density at radius 1 is 1.19 bits per heavy atom. The van der Waals surface area contributed by atoms with Crippen molar-refractivity contribution in [3.63, 3.8) is 0 Å². The van der Waals surface area contributed by atoms with Gasteiger partial charge < -0.3 is 4.90 Å². The van der Waals surface area contributed by atoms with Gasteiger partial charge in [0.2, 0.25) is 0 Å². The van der Waals surface area contributed by atoms with E-state index >= 15 is 0 Å². The highest BCUT2D eigenvalue weighted by molar-refractivity contribution is 6.30. The van der Waals surface area contributed by atoms with E-state index < -0.39 is 0 Å². The molecule has 0 aliphatic carbocycles. The summed E-state index contributed by atoms with van der Waals surface area (Å²) in [4.78, 5) is 6.31. The summed E-state index contributed by atoms with van der Waals surface area (Å²) < 4.78 is 0. The van der Waals surface area contributed by atoms with E-state index in [9.17, 15) is 0 Å². The van der Waals surface area contributed by atoms with E-state index in [0.29, 0.717) is 5.02 Å². The number of rotatable bonds is 2. The average molecular weight is 233 g/mol. The minimum atomic E-state index is 0.654. The quantitative estimate of drug-likeness (QED) is 0.783. The van der Waals surface area contributed by atoms with Crippen LogP contribution in [-0.4, -0.2) is 12.0 Å². The minimum absolute atomic E-state index is 0.654. The monoisotopic (exact) mass is 232 g/mol. The van der Waals surface area contributed by atoms with E-state index in [1.165, 1.54) is 5.56 Å². The molecule has 82 valence electrons. The molecule has 2 nitrogen and oxygen atoms in total. The summed E-state index contributed by atoms with van der Waals surface area (Å²) in [6.07, 6.45) is 1.66. The third-order valence-electron chi connectivity index (χ3n) is 2.44. The van der Waals surface area contributed by atoms with Crippen LogP contribution in [0.15, 0.2) is 42.6 Å². The normalized spacial score (nSPS) is 10.2. The first-order valence-electron chi connectivity index (χ1n) is 5.09. The maximum atomic E-state index is 5.81. The summed E-state index contributed by atoms with van der Waals surface area (Å²) >= 11 is 5.81. The van der Waals surface area contributed by atoms with Crippen LogP contribution in [0.25, 0.3) is 0 Å². The zero-order chi connectivity index (χ0) is 11.5. The zero-order valence-corrected chi connectivity index (χ0v) is 10.1. The number of hydrogen-bond acceptors (Lipinski definition) is 2. The highest BCUT2D eigenvalue weighted by Gasteiger charge is 2.04. The van der Waals surface area contributed by atoms with Gasteiger partial charge in [-0.05, 0) is 36.8 Å². The lowest BCUT2D eigenvalue weighted by Crippen LogP contribution is -2.10. The molecule has 0 aliphatic heterocycles. The van der Waals surface area contributed by atoms with Gasteiger partial charge in [0.25, 0.3) is 0 Å². The first-order valence-corrected chi connectivity index (χ1v) is 5.46. The second-order valence-corrected chi connectivity index (χ2v) is 4.17. The van der Waals surface area contributed by atoms with Crippen molar-refractivity contribution in [2.45, 2.75) is 6.92 Å². The fraction of sp³-hybridized carbons (Fsp3) is 0.154. The number of pyridine rings is 1. The molecule has 1 heterocycles. The Morgan fingerprint density at radius 2 is 2.00 bits per heavy atom. The molecule has 0 fully saturated rings. The van der Waals surface area contributed by atoms with E-state index in [-0.39, 0.29) is 0 Å². The maximum Gasteiger partial charge on any atom is 0.132 e. The minimum Gasteiger partial charge on any atom is -0.329 e. The van der Waals surface area contributed by atoms with E-state index in [0.717, 1.165) is 11.5 Å². The van der Waals surface area contributed by atoms with Gasteiger partial charge in [-0.25, -0.2) is 4.98 Å². The number of halogens is 1. The zero-order valence-electron chi connectivity index (χ0n) is 9.31. The molecule has 3 heteroatoms. The Labute approximate surface area is 101 Å². The molecule has 0 unspecified atom stereocenters. The molecular formula is C13H13ClN2. The van der Waals surface area contributed by atoms with Gasteiger partial charge in [-0.3, -0.25) is 0 Å². The molecule has 0 saturated carbocycles. The predicted octanol–water partition coefficient (Wildman–Crippen LogP) is 3.81. The van der Waals surface area contributed by atoms with Crippen LogP contribution in [0.5, 0.6) is 0 Å². The fourth-order valence-electron chi connectivity index (χ4n) is 1.54. The van der Waals surface area contributed by atoms with Gasteiger partial charge in [0.05, 0.1) is 5.02 Å². The molecule has 0 N–H and O–H groups in total. The Balaban J connectivity index is 2.31. The molecule has 0 bridgehead atoms. The highest BCUT2D eigenvalue weighted by atomic mass is 35.5. The van der Waals surface area contributed by atoms with Crippen LogP contribution < -0.4 is 4.90 Å². The van der Waals surface area contributed by atoms with Crippen LogP contribution in [0.1, 0.15) is 5.56 Å². The smallest absolute Gasteiger partial charge is 0.132 e. The van der Waals surface area contributed by atoms with Crippen molar-refractivity contribution in [3.05, 3.63) is 53.2 Å². The van der Waals surface area contributed by atoms with Gasteiger partial charge in [-0.1, -0.05) is 23.7 Å². The van der Waals surface area contributed by atoms with E-state index in [1.54, 1.807) is 6.20 Å². The first kappa shape index (κ1) is 11.0. The summed E-state index contributed by atoms with van der Waals surface area (Å²) in [5.41, 5.74) is 2.35. The number of anilines is 2. The molecule has 0 atom stereocenters. The second-order valence-electron chi connectivity index (χ2n) is 3.73. The van der Waals surface area contributed by atoms with Crippen molar-refractivity contribution in [2.24, 2.45) is 0 Å². The van der Waals surface area contributed by atoms with Crippen molar-refractivity contribution < 1.29 is 0 Å². The highest BCUT2D eigenvalue weighted by Crippen LogP contribution is 2.22. The molecule has 0 saturated heterocycles. The van der Waals surface area contributed by atoms with Crippen molar-refractivity contribution in [1.82, 2.24) is 4.98 Å². The molecule has 2 aromatic rings. The molecule has 1 aromatic carbocycles. The second kappa shape index (κ2) is 4.54. The number of benzene rings is 1. The molecule has 0 radical (unpaired) electrons. The average Bonchev–Trinajstić information content (AvgIpc) is 2.29. The number of nitrogens with zero attached hydrogens (tertiary/aromatic N) is 2. The summed E-state index contributed by atoms with van der Waals surface area (Å²) in [7, 11) is 1.99. The van der Waals surface area contributed by atoms with Crippen LogP contribution in [0.2, 0.25) is 5.02 Å². The maximum absolute atomic E-state index is 5.81. The lowest BCUT2D eigenvalue weighted by Gasteiger charge is -2.18. The summed E-state index contributed by atoms with van der Waals surface area (Å²) in [5, 5.41) is 0.654. The van der Waals surface area contributed by atoms with E-state index in [2.05, 4.69) is 30.1 Å². The van der Waals surface area contributed by atoms with Crippen molar-refractivity contribution in [2.75, 3.05) is 11.9 Å². The van der Waals surface area contributed by atoms with Gasteiger partial charge >= 0.3 is 0 Å². The lowest BCUT2D eigenvalue weighted by molar-refractivity contribution is 1.12. The van der Waals surface area contributed by atoms with Gasteiger partial charge in [0.15, 0.2) is 0 Å². The van der Waals surface area contributed by atoms with Crippen LogP contribution in [0, 0.1) is 6.92 Å². The van der Waals surface area contributed by atoms with E-state index in [4.69, 9.17) is 11.6 Å². The van der Waals surface area contributed by atoms with Crippen LogP contribution in [-0.2, 0) is 0 Å². The summed E-state index contributed by atoms with van der Waals surface area (Å²) in [6.45, 7) is 2.08. The van der Waals surface area contributed by atoms with E-state index in [1.807, 2.05) is 30.1 Å². The predicted molar refractivity (Wildman–Crippen MR) is 68.5 cm³/mol.